The van der Waals surface area contributed by atoms with E-state index in [4.69, 9.17) is 26.3 Å². The van der Waals surface area contributed by atoms with Gasteiger partial charge in [0.15, 0.2) is 0 Å². The summed E-state index contributed by atoms with van der Waals surface area (Å²) in [6, 6.07) is 14.6. The number of rotatable bonds is 5. The van der Waals surface area contributed by atoms with Crippen molar-refractivity contribution < 1.29 is 29.9 Å². The number of aliphatic hydroxyl groups is 4. The van der Waals surface area contributed by atoms with Crippen molar-refractivity contribution in [3.05, 3.63) is 58.6 Å². The lowest BCUT2D eigenvalue weighted by molar-refractivity contribution is -0.118. The molecule has 0 spiro atoms. The second-order valence-corrected chi connectivity index (χ2v) is 7.28. The van der Waals surface area contributed by atoms with Crippen molar-refractivity contribution in [3.8, 4) is 17.2 Å². The van der Waals surface area contributed by atoms with Crippen molar-refractivity contribution in [2.45, 2.75) is 37.1 Å². The molecule has 1 fully saturated rings. The zero-order chi connectivity index (χ0) is 21.0. The van der Waals surface area contributed by atoms with Crippen molar-refractivity contribution >= 4 is 11.6 Å². The molecule has 4 N–H and O–H groups in total. The minimum absolute atomic E-state index is 0.0597. The molecule has 1 aliphatic heterocycles. The van der Waals surface area contributed by atoms with Gasteiger partial charge in [-0.3, -0.25) is 0 Å². The van der Waals surface area contributed by atoms with Gasteiger partial charge in [0.2, 0.25) is 0 Å². The summed E-state index contributed by atoms with van der Waals surface area (Å²) in [5, 5.41) is 48.8. The quantitative estimate of drug-likeness (QED) is 0.574. The maximum Gasteiger partial charge on any atom is 0.111 e. The Kier molecular flexibility index (Phi) is 7.22. The molecule has 3 rings (SSSR count). The molecule has 0 amide bonds. The van der Waals surface area contributed by atoms with Crippen LogP contribution < -0.4 is 0 Å². The topological polar surface area (TPSA) is 123 Å². The Hall–Kier alpha value is -2.02. The molecule has 1 saturated heterocycles. The number of hydrogen-bond acceptors (Lipinski definition) is 7. The highest BCUT2D eigenvalue weighted by Gasteiger charge is 2.40. The standard InChI is InChI=1S/C21H22ClNO6/c22-16-7-14(13-3-1-12(8-23)2-4-13)5-6-15(16)10-28-18-11-29-17(9-24)19(25)21(27)20(18)26/h1-7,17-21,24-27H,9-11H2/t17-,18+,19-,20-,21+/m1/s1. The van der Waals surface area contributed by atoms with E-state index in [-0.39, 0.29) is 13.2 Å². The lowest BCUT2D eigenvalue weighted by atomic mass is 10.0. The SMILES string of the molecule is N#Cc1ccc(-c2ccc(CO[C@H]3CO[C@H](CO)[C@@H](O)[C@H](O)[C@@H]3O)c(Cl)c2)cc1. The molecule has 1 aliphatic rings. The molecule has 2 aromatic carbocycles. The summed E-state index contributed by atoms with van der Waals surface area (Å²) in [5.74, 6) is 0. The summed E-state index contributed by atoms with van der Waals surface area (Å²) < 4.78 is 11.0. The van der Waals surface area contributed by atoms with Gasteiger partial charge in [-0.2, -0.15) is 5.26 Å². The number of aliphatic hydroxyl groups excluding tert-OH is 4. The number of nitrogens with zero attached hydrogens (tertiary/aromatic N) is 1. The van der Waals surface area contributed by atoms with Gasteiger partial charge in [-0.05, 0) is 34.9 Å². The Morgan fingerprint density at radius 2 is 1.72 bits per heavy atom. The Bertz CT molecular complexity index is 868. The molecule has 0 aromatic heterocycles. The van der Waals surface area contributed by atoms with Crippen LogP contribution in [0.5, 0.6) is 0 Å². The molecule has 29 heavy (non-hydrogen) atoms. The lowest BCUT2D eigenvalue weighted by Gasteiger charge is -2.25. The molecule has 154 valence electrons. The summed E-state index contributed by atoms with van der Waals surface area (Å²) in [6.07, 6.45) is -6.19. The van der Waals surface area contributed by atoms with Gasteiger partial charge in [-0.15, -0.1) is 0 Å². The zero-order valence-corrected chi connectivity index (χ0v) is 16.2. The van der Waals surface area contributed by atoms with E-state index in [1.165, 1.54) is 0 Å². The first-order valence-electron chi connectivity index (χ1n) is 9.11. The molecule has 1 heterocycles. The molecule has 0 saturated carbocycles. The van der Waals surface area contributed by atoms with Crippen molar-refractivity contribution in [3.63, 3.8) is 0 Å². The van der Waals surface area contributed by atoms with E-state index in [0.29, 0.717) is 16.1 Å². The Labute approximate surface area is 173 Å². The first-order valence-corrected chi connectivity index (χ1v) is 9.49. The number of nitriles is 1. The zero-order valence-electron chi connectivity index (χ0n) is 15.5. The number of halogens is 1. The van der Waals surface area contributed by atoms with Crippen LogP contribution in [-0.2, 0) is 16.1 Å². The summed E-state index contributed by atoms with van der Waals surface area (Å²) in [5.41, 5.74) is 3.04. The number of benzene rings is 2. The molecule has 8 heteroatoms. The second-order valence-electron chi connectivity index (χ2n) is 6.87. The third-order valence-electron chi connectivity index (χ3n) is 4.97. The molecule has 5 atom stereocenters. The number of hydrogen-bond donors (Lipinski definition) is 4. The van der Waals surface area contributed by atoms with Gasteiger partial charge in [0.05, 0.1) is 31.5 Å². The molecule has 0 bridgehead atoms. The van der Waals surface area contributed by atoms with Crippen LogP contribution >= 0.6 is 11.6 Å². The predicted molar refractivity (Wildman–Crippen MR) is 105 cm³/mol. The summed E-state index contributed by atoms with van der Waals surface area (Å²) >= 11 is 6.37. The van der Waals surface area contributed by atoms with Crippen LogP contribution in [0.2, 0.25) is 5.02 Å². The Morgan fingerprint density at radius 1 is 1.03 bits per heavy atom. The van der Waals surface area contributed by atoms with E-state index < -0.39 is 37.1 Å². The van der Waals surface area contributed by atoms with Gasteiger partial charge in [0, 0.05) is 5.02 Å². The highest BCUT2D eigenvalue weighted by Crippen LogP contribution is 2.27. The Balaban J connectivity index is 1.68. The van der Waals surface area contributed by atoms with E-state index in [0.717, 1.165) is 11.1 Å². The van der Waals surface area contributed by atoms with Gasteiger partial charge in [-0.25, -0.2) is 0 Å². The molecule has 2 aromatic rings. The Morgan fingerprint density at radius 3 is 2.34 bits per heavy atom. The van der Waals surface area contributed by atoms with Crippen molar-refractivity contribution in [2.75, 3.05) is 13.2 Å². The minimum atomic E-state index is -1.51. The summed E-state index contributed by atoms with van der Waals surface area (Å²) in [6.45, 7) is -0.522. The van der Waals surface area contributed by atoms with Gasteiger partial charge < -0.3 is 29.9 Å². The second kappa shape index (κ2) is 9.65. The lowest BCUT2D eigenvalue weighted by Crippen LogP contribution is -2.47. The van der Waals surface area contributed by atoms with Crippen LogP contribution in [0.15, 0.2) is 42.5 Å². The predicted octanol–water partition coefficient (Wildman–Crippen LogP) is 1.24. The van der Waals surface area contributed by atoms with E-state index in [1.807, 2.05) is 18.2 Å². The largest absolute Gasteiger partial charge is 0.394 e. The molecule has 7 nitrogen and oxygen atoms in total. The average molecular weight is 420 g/mol. The number of ether oxygens (including phenoxy) is 2. The van der Waals surface area contributed by atoms with Crippen LogP contribution in [0.25, 0.3) is 11.1 Å². The van der Waals surface area contributed by atoms with E-state index in [1.54, 1.807) is 24.3 Å². The van der Waals surface area contributed by atoms with Gasteiger partial charge >= 0.3 is 0 Å². The molecular weight excluding hydrogens is 398 g/mol. The highest BCUT2D eigenvalue weighted by molar-refractivity contribution is 6.31. The third kappa shape index (κ3) is 4.94. The molecular formula is C21H22ClNO6. The van der Waals surface area contributed by atoms with Gasteiger partial charge in [-0.1, -0.05) is 35.9 Å². The fourth-order valence-electron chi connectivity index (χ4n) is 3.14. The monoisotopic (exact) mass is 419 g/mol. The first-order chi connectivity index (χ1) is 13.9. The van der Waals surface area contributed by atoms with E-state index in [9.17, 15) is 20.4 Å². The van der Waals surface area contributed by atoms with Crippen molar-refractivity contribution in [2.24, 2.45) is 0 Å². The van der Waals surface area contributed by atoms with Crippen molar-refractivity contribution in [1.82, 2.24) is 0 Å². The van der Waals surface area contributed by atoms with E-state index in [2.05, 4.69) is 6.07 Å². The summed E-state index contributed by atoms with van der Waals surface area (Å²) in [7, 11) is 0. The third-order valence-corrected chi connectivity index (χ3v) is 5.32. The van der Waals surface area contributed by atoms with Crippen LogP contribution in [0, 0.1) is 11.3 Å². The molecule has 0 unspecified atom stereocenters. The fraction of sp³-hybridized carbons (Fsp3) is 0.381. The van der Waals surface area contributed by atoms with Crippen LogP contribution in [0.3, 0.4) is 0 Å². The maximum atomic E-state index is 10.2. The smallest absolute Gasteiger partial charge is 0.111 e. The fourth-order valence-corrected chi connectivity index (χ4v) is 3.38. The molecule has 0 aliphatic carbocycles. The van der Waals surface area contributed by atoms with Crippen LogP contribution in [-0.4, -0.2) is 64.2 Å². The van der Waals surface area contributed by atoms with Gasteiger partial charge in [0.1, 0.15) is 30.5 Å². The van der Waals surface area contributed by atoms with Gasteiger partial charge in [0.25, 0.3) is 0 Å². The normalized spacial score (nSPS) is 27.2. The molecule has 0 radical (unpaired) electrons. The van der Waals surface area contributed by atoms with Crippen LogP contribution in [0.1, 0.15) is 11.1 Å². The maximum absolute atomic E-state index is 10.2. The average Bonchev–Trinajstić information content (AvgIpc) is 2.84. The van der Waals surface area contributed by atoms with Crippen LogP contribution in [0.4, 0.5) is 0 Å². The minimum Gasteiger partial charge on any atom is -0.394 e. The van der Waals surface area contributed by atoms with E-state index >= 15 is 0 Å². The summed E-state index contributed by atoms with van der Waals surface area (Å²) in [4.78, 5) is 0. The highest BCUT2D eigenvalue weighted by atomic mass is 35.5. The van der Waals surface area contributed by atoms with Crippen molar-refractivity contribution in [1.29, 1.82) is 5.26 Å². The first kappa shape index (κ1) is 21.7.